The van der Waals surface area contributed by atoms with Gasteiger partial charge in [0.2, 0.25) is 0 Å². The van der Waals surface area contributed by atoms with Crippen LogP contribution in [-0.4, -0.2) is 19.6 Å². The zero-order chi connectivity index (χ0) is 20.8. The molecule has 2 nitrogen and oxygen atoms in total. The molecule has 0 atom stereocenters. The Hall–Kier alpha value is -1.23. The van der Waals surface area contributed by atoms with Crippen molar-refractivity contribution in [3.8, 4) is 5.75 Å². The SMILES string of the molecule is CCOCC1([C](CC2(C)CCC2)CC2(c3ccc(OC(F)(F)F)cc3)CC2)CC1. The molecule has 3 aliphatic rings. The van der Waals surface area contributed by atoms with Gasteiger partial charge in [-0.3, -0.25) is 0 Å². The molecule has 3 aliphatic carbocycles. The fourth-order valence-electron chi connectivity index (χ4n) is 5.10. The molecular formula is C24H32F3O2. The van der Waals surface area contributed by atoms with E-state index in [9.17, 15) is 13.2 Å². The minimum Gasteiger partial charge on any atom is -0.406 e. The third-order valence-corrected chi connectivity index (χ3v) is 7.49. The predicted octanol–water partition coefficient (Wildman–Crippen LogP) is 6.98. The lowest BCUT2D eigenvalue weighted by molar-refractivity contribution is -0.274. The first-order valence-corrected chi connectivity index (χ1v) is 11.0. The summed E-state index contributed by atoms with van der Waals surface area (Å²) >= 11 is 0. The van der Waals surface area contributed by atoms with Crippen LogP contribution in [-0.2, 0) is 10.2 Å². The van der Waals surface area contributed by atoms with Gasteiger partial charge in [-0.2, -0.15) is 0 Å². The fourth-order valence-corrected chi connectivity index (χ4v) is 5.10. The van der Waals surface area contributed by atoms with Gasteiger partial charge in [0.25, 0.3) is 0 Å². The Morgan fingerprint density at radius 1 is 0.966 bits per heavy atom. The molecule has 0 aromatic heterocycles. The zero-order valence-corrected chi connectivity index (χ0v) is 17.5. The molecule has 0 N–H and O–H groups in total. The van der Waals surface area contributed by atoms with E-state index in [-0.39, 0.29) is 16.6 Å². The molecule has 1 radical (unpaired) electrons. The first-order chi connectivity index (χ1) is 13.7. The van der Waals surface area contributed by atoms with E-state index in [1.807, 2.05) is 12.1 Å². The monoisotopic (exact) mass is 409 g/mol. The van der Waals surface area contributed by atoms with Crippen molar-refractivity contribution in [3.05, 3.63) is 35.7 Å². The van der Waals surface area contributed by atoms with Crippen molar-refractivity contribution in [1.29, 1.82) is 0 Å². The Balaban J connectivity index is 1.49. The van der Waals surface area contributed by atoms with E-state index in [0.717, 1.165) is 38.0 Å². The summed E-state index contributed by atoms with van der Waals surface area (Å²) in [7, 11) is 0. The molecule has 3 fully saturated rings. The van der Waals surface area contributed by atoms with Gasteiger partial charge in [-0.1, -0.05) is 25.5 Å². The van der Waals surface area contributed by atoms with E-state index in [1.54, 1.807) is 5.92 Å². The van der Waals surface area contributed by atoms with Gasteiger partial charge in [0.05, 0.1) is 6.61 Å². The number of hydrogen-bond donors (Lipinski definition) is 0. The average molecular weight is 410 g/mol. The molecule has 0 saturated heterocycles. The Labute approximate surface area is 172 Å². The molecule has 161 valence electrons. The van der Waals surface area contributed by atoms with E-state index in [4.69, 9.17) is 4.74 Å². The van der Waals surface area contributed by atoms with E-state index >= 15 is 0 Å². The van der Waals surface area contributed by atoms with E-state index in [1.165, 1.54) is 50.7 Å². The van der Waals surface area contributed by atoms with Crippen LogP contribution >= 0.6 is 0 Å². The van der Waals surface area contributed by atoms with Crippen LogP contribution in [0.4, 0.5) is 13.2 Å². The maximum Gasteiger partial charge on any atom is 0.573 e. The second kappa shape index (κ2) is 7.47. The maximum absolute atomic E-state index is 12.5. The third-order valence-electron chi connectivity index (χ3n) is 7.49. The molecule has 0 spiro atoms. The smallest absolute Gasteiger partial charge is 0.406 e. The number of hydrogen-bond acceptors (Lipinski definition) is 2. The number of alkyl halides is 3. The summed E-state index contributed by atoms with van der Waals surface area (Å²) < 4.78 is 47.3. The second-order valence-electron chi connectivity index (χ2n) is 9.89. The lowest BCUT2D eigenvalue weighted by atomic mass is 9.62. The summed E-state index contributed by atoms with van der Waals surface area (Å²) in [6.07, 6.45) is 6.17. The Kier molecular flexibility index (Phi) is 5.42. The quantitative estimate of drug-likeness (QED) is 0.415. The first-order valence-electron chi connectivity index (χ1n) is 11.0. The highest BCUT2D eigenvalue weighted by atomic mass is 19.4. The predicted molar refractivity (Wildman–Crippen MR) is 107 cm³/mol. The van der Waals surface area contributed by atoms with Crippen LogP contribution in [0.15, 0.2) is 24.3 Å². The van der Waals surface area contributed by atoms with Crippen molar-refractivity contribution in [2.45, 2.75) is 83.4 Å². The molecule has 5 heteroatoms. The topological polar surface area (TPSA) is 18.5 Å². The van der Waals surface area contributed by atoms with Crippen LogP contribution in [0, 0.1) is 16.7 Å². The summed E-state index contributed by atoms with van der Waals surface area (Å²) in [5.74, 6) is 1.51. The van der Waals surface area contributed by atoms with Gasteiger partial charge in [-0.25, -0.2) is 0 Å². The molecule has 0 amide bonds. The molecule has 3 saturated carbocycles. The summed E-state index contributed by atoms with van der Waals surface area (Å²) in [5.41, 5.74) is 1.91. The summed E-state index contributed by atoms with van der Waals surface area (Å²) in [6, 6.07) is 6.59. The van der Waals surface area contributed by atoms with Crippen molar-refractivity contribution < 1.29 is 22.6 Å². The minimum absolute atomic E-state index is 0.0913. The summed E-state index contributed by atoms with van der Waals surface area (Å²) in [5, 5.41) is 0. The number of benzene rings is 1. The standard InChI is InChI=1S/C24H32F3O2/c1-3-28-17-23(13-14-23)19(15-21(2)9-4-10-21)16-22(11-12-22)18-5-7-20(8-6-18)29-24(25,26)27/h5-8H,3-4,9-17H2,1-2H3. The first kappa shape index (κ1) is 21.0. The Morgan fingerprint density at radius 3 is 2.07 bits per heavy atom. The van der Waals surface area contributed by atoms with Crippen LogP contribution < -0.4 is 4.74 Å². The van der Waals surface area contributed by atoms with E-state index in [0.29, 0.717) is 5.41 Å². The van der Waals surface area contributed by atoms with Crippen molar-refractivity contribution >= 4 is 0 Å². The molecule has 1 aromatic carbocycles. The highest BCUT2D eigenvalue weighted by Gasteiger charge is 2.56. The van der Waals surface area contributed by atoms with E-state index < -0.39 is 6.36 Å². The van der Waals surface area contributed by atoms with Gasteiger partial charge in [-0.05, 0) is 92.7 Å². The van der Waals surface area contributed by atoms with Crippen LogP contribution in [0.5, 0.6) is 5.75 Å². The van der Waals surface area contributed by atoms with Crippen LogP contribution in [0.25, 0.3) is 0 Å². The molecular weight excluding hydrogens is 377 g/mol. The van der Waals surface area contributed by atoms with Crippen molar-refractivity contribution in [2.75, 3.05) is 13.2 Å². The summed E-state index contributed by atoms with van der Waals surface area (Å²) in [6.45, 7) is 6.04. The number of ether oxygens (including phenoxy) is 2. The second-order valence-corrected chi connectivity index (χ2v) is 9.89. The number of rotatable bonds is 10. The normalized spacial score (nSPS) is 23.5. The molecule has 0 heterocycles. The largest absolute Gasteiger partial charge is 0.573 e. The third kappa shape index (κ3) is 4.76. The molecule has 0 unspecified atom stereocenters. The van der Waals surface area contributed by atoms with Gasteiger partial charge in [-0.15, -0.1) is 13.2 Å². The minimum atomic E-state index is -4.64. The lowest BCUT2D eigenvalue weighted by Gasteiger charge is -2.44. The molecule has 0 aliphatic heterocycles. The summed E-state index contributed by atoms with van der Waals surface area (Å²) in [4.78, 5) is 0. The molecule has 0 bridgehead atoms. The lowest BCUT2D eigenvalue weighted by Crippen LogP contribution is -2.33. The highest BCUT2D eigenvalue weighted by Crippen LogP contribution is 2.65. The molecule has 29 heavy (non-hydrogen) atoms. The van der Waals surface area contributed by atoms with Gasteiger partial charge in [0, 0.05) is 12.0 Å². The van der Waals surface area contributed by atoms with Gasteiger partial charge >= 0.3 is 6.36 Å². The fraction of sp³-hybridized carbons (Fsp3) is 0.708. The zero-order valence-electron chi connectivity index (χ0n) is 17.5. The Bertz CT molecular complexity index is 698. The van der Waals surface area contributed by atoms with Crippen LogP contribution in [0.3, 0.4) is 0 Å². The van der Waals surface area contributed by atoms with E-state index in [2.05, 4.69) is 18.6 Å². The van der Waals surface area contributed by atoms with Gasteiger partial charge in [0.1, 0.15) is 5.75 Å². The van der Waals surface area contributed by atoms with Gasteiger partial charge < -0.3 is 9.47 Å². The van der Waals surface area contributed by atoms with Crippen molar-refractivity contribution in [1.82, 2.24) is 0 Å². The van der Waals surface area contributed by atoms with Crippen LogP contribution in [0.2, 0.25) is 0 Å². The van der Waals surface area contributed by atoms with Crippen molar-refractivity contribution in [2.24, 2.45) is 10.8 Å². The molecule has 4 rings (SSSR count). The maximum atomic E-state index is 12.5. The number of halogens is 3. The van der Waals surface area contributed by atoms with Crippen molar-refractivity contribution in [3.63, 3.8) is 0 Å². The average Bonchev–Trinajstić information content (AvgIpc) is 3.54. The highest BCUT2D eigenvalue weighted by molar-refractivity contribution is 5.38. The van der Waals surface area contributed by atoms with Gasteiger partial charge in [0.15, 0.2) is 0 Å². The molecule has 1 aromatic rings. The van der Waals surface area contributed by atoms with Crippen LogP contribution in [0.1, 0.15) is 77.2 Å². The Morgan fingerprint density at radius 2 is 1.62 bits per heavy atom.